The van der Waals surface area contributed by atoms with Crippen LogP contribution in [0.5, 0.6) is 5.75 Å². The number of hydrogen-bond acceptors (Lipinski definition) is 2. The maximum atomic E-state index is 5.80. The second-order valence-corrected chi connectivity index (χ2v) is 6.06. The molecule has 0 aliphatic heterocycles. The van der Waals surface area contributed by atoms with Crippen LogP contribution in [-0.2, 0) is 0 Å². The Bertz CT molecular complexity index is 625. The summed E-state index contributed by atoms with van der Waals surface area (Å²) in [4.78, 5) is 0. The van der Waals surface area contributed by atoms with Gasteiger partial charge in [-0.05, 0) is 51.1 Å². The zero-order valence-electron chi connectivity index (χ0n) is 13.0. The van der Waals surface area contributed by atoms with Gasteiger partial charge in [-0.1, -0.05) is 45.8 Å². The third-order valence-corrected chi connectivity index (χ3v) is 4.45. The van der Waals surface area contributed by atoms with E-state index >= 15 is 0 Å². The van der Waals surface area contributed by atoms with E-state index in [0.29, 0.717) is 6.61 Å². The van der Waals surface area contributed by atoms with Crippen LogP contribution in [0.2, 0.25) is 0 Å². The van der Waals surface area contributed by atoms with Gasteiger partial charge in [-0.2, -0.15) is 0 Å². The summed E-state index contributed by atoms with van der Waals surface area (Å²) in [6.45, 7) is 6.89. The van der Waals surface area contributed by atoms with Gasteiger partial charge in [0.1, 0.15) is 5.75 Å². The van der Waals surface area contributed by atoms with E-state index in [-0.39, 0.29) is 6.04 Å². The molecule has 3 heteroatoms. The lowest BCUT2D eigenvalue weighted by molar-refractivity contribution is 0.334. The second kappa shape index (κ2) is 7.10. The number of hydrogen-bond donors (Lipinski definition) is 1. The molecule has 0 aliphatic rings. The van der Waals surface area contributed by atoms with Gasteiger partial charge in [0.05, 0.1) is 12.6 Å². The van der Waals surface area contributed by atoms with Crippen molar-refractivity contribution in [1.82, 2.24) is 5.32 Å². The molecule has 0 spiro atoms. The Labute approximate surface area is 135 Å². The third kappa shape index (κ3) is 3.66. The summed E-state index contributed by atoms with van der Waals surface area (Å²) < 4.78 is 6.93. The topological polar surface area (TPSA) is 21.3 Å². The molecule has 0 aromatic heterocycles. The van der Waals surface area contributed by atoms with Crippen LogP contribution < -0.4 is 10.1 Å². The minimum Gasteiger partial charge on any atom is -0.494 e. The Morgan fingerprint density at radius 2 is 1.90 bits per heavy atom. The van der Waals surface area contributed by atoms with Crippen LogP contribution in [0.4, 0.5) is 0 Å². The number of benzene rings is 2. The Hall–Kier alpha value is -1.32. The first-order chi connectivity index (χ1) is 10.1. The molecule has 0 radical (unpaired) electrons. The van der Waals surface area contributed by atoms with Gasteiger partial charge in [0.15, 0.2) is 0 Å². The first-order valence-electron chi connectivity index (χ1n) is 7.23. The normalized spacial score (nSPS) is 12.2. The number of nitrogens with one attached hydrogen (secondary N) is 1. The van der Waals surface area contributed by atoms with Crippen molar-refractivity contribution in [2.24, 2.45) is 0 Å². The molecule has 2 rings (SSSR count). The third-order valence-electron chi connectivity index (χ3n) is 3.59. The number of halogens is 1. The standard InChI is InChI=1S/C18H22BrNO/c1-5-21-17-9-6-12(2)10-15(17)18(20-4)14-8-7-13(3)16(19)11-14/h6-11,18,20H,5H2,1-4H3. The number of rotatable bonds is 5. The van der Waals surface area contributed by atoms with Crippen LogP contribution in [0.25, 0.3) is 0 Å². The van der Waals surface area contributed by atoms with Crippen LogP contribution in [0.3, 0.4) is 0 Å². The molecule has 0 saturated carbocycles. The van der Waals surface area contributed by atoms with Gasteiger partial charge in [0.25, 0.3) is 0 Å². The van der Waals surface area contributed by atoms with Gasteiger partial charge in [0.2, 0.25) is 0 Å². The lowest BCUT2D eigenvalue weighted by atomic mass is 9.96. The van der Waals surface area contributed by atoms with Crippen LogP contribution >= 0.6 is 15.9 Å². The zero-order valence-corrected chi connectivity index (χ0v) is 14.6. The van der Waals surface area contributed by atoms with E-state index in [1.54, 1.807) is 0 Å². The Morgan fingerprint density at radius 1 is 1.14 bits per heavy atom. The maximum Gasteiger partial charge on any atom is 0.124 e. The van der Waals surface area contributed by atoms with E-state index in [9.17, 15) is 0 Å². The molecule has 112 valence electrons. The van der Waals surface area contributed by atoms with E-state index in [4.69, 9.17) is 4.74 Å². The minimum absolute atomic E-state index is 0.114. The first-order valence-corrected chi connectivity index (χ1v) is 8.02. The highest BCUT2D eigenvalue weighted by Gasteiger charge is 2.17. The summed E-state index contributed by atoms with van der Waals surface area (Å²) in [6, 6.07) is 12.9. The SMILES string of the molecule is CCOc1ccc(C)cc1C(NC)c1ccc(C)c(Br)c1. The fourth-order valence-corrected chi connectivity index (χ4v) is 2.87. The van der Waals surface area contributed by atoms with Crippen LogP contribution in [0.1, 0.15) is 35.2 Å². The van der Waals surface area contributed by atoms with E-state index in [1.807, 2.05) is 14.0 Å². The second-order valence-electron chi connectivity index (χ2n) is 5.20. The zero-order chi connectivity index (χ0) is 15.4. The molecule has 2 aromatic carbocycles. The van der Waals surface area contributed by atoms with E-state index in [1.165, 1.54) is 22.3 Å². The fraction of sp³-hybridized carbons (Fsp3) is 0.333. The molecule has 0 fully saturated rings. The van der Waals surface area contributed by atoms with Gasteiger partial charge in [-0.15, -0.1) is 0 Å². The van der Waals surface area contributed by atoms with Crippen LogP contribution in [0, 0.1) is 13.8 Å². The molecule has 0 aliphatic carbocycles. The molecule has 0 saturated heterocycles. The number of aryl methyl sites for hydroxylation is 2. The van der Waals surface area contributed by atoms with Crippen molar-refractivity contribution in [3.05, 3.63) is 63.1 Å². The van der Waals surface area contributed by atoms with Gasteiger partial charge < -0.3 is 10.1 Å². The summed E-state index contributed by atoms with van der Waals surface area (Å²) >= 11 is 3.62. The number of ether oxygens (including phenoxy) is 1. The Balaban J connectivity index is 2.49. The lowest BCUT2D eigenvalue weighted by Gasteiger charge is -2.21. The van der Waals surface area contributed by atoms with Crippen molar-refractivity contribution in [3.8, 4) is 5.75 Å². The molecule has 1 unspecified atom stereocenters. The summed E-state index contributed by atoms with van der Waals surface area (Å²) in [6.07, 6.45) is 0. The van der Waals surface area contributed by atoms with Crippen molar-refractivity contribution in [2.75, 3.05) is 13.7 Å². The van der Waals surface area contributed by atoms with E-state index in [2.05, 4.69) is 71.5 Å². The summed E-state index contributed by atoms with van der Waals surface area (Å²) in [5, 5.41) is 3.41. The highest BCUT2D eigenvalue weighted by atomic mass is 79.9. The Kier molecular flexibility index (Phi) is 5.43. The molecular formula is C18H22BrNO. The van der Waals surface area contributed by atoms with Crippen molar-refractivity contribution < 1.29 is 4.74 Å². The van der Waals surface area contributed by atoms with Crippen LogP contribution in [-0.4, -0.2) is 13.7 Å². The summed E-state index contributed by atoms with van der Waals surface area (Å²) in [5.74, 6) is 0.944. The predicted octanol–water partition coefficient (Wildman–Crippen LogP) is 4.77. The molecule has 0 heterocycles. The van der Waals surface area contributed by atoms with Crippen molar-refractivity contribution in [2.45, 2.75) is 26.8 Å². The smallest absolute Gasteiger partial charge is 0.124 e. The molecule has 2 aromatic rings. The summed E-state index contributed by atoms with van der Waals surface area (Å²) in [5.41, 5.74) is 4.87. The quantitative estimate of drug-likeness (QED) is 0.840. The lowest BCUT2D eigenvalue weighted by Crippen LogP contribution is -2.19. The first kappa shape index (κ1) is 16.1. The molecule has 0 bridgehead atoms. The van der Waals surface area contributed by atoms with Crippen molar-refractivity contribution >= 4 is 15.9 Å². The van der Waals surface area contributed by atoms with Gasteiger partial charge in [-0.3, -0.25) is 0 Å². The Morgan fingerprint density at radius 3 is 2.52 bits per heavy atom. The fourth-order valence-electron chi connectivity index (χ4n) is 2.47. The molecule has 1 N–H and O–H groups in total. The predicted molar refractivity (Wildman–Crippen MR) is 92.1 cm³/mol. The molecule has 21 heavy (non-hydrogen) atoms. The van der Waals surface area contributed by atoms with Gasteiger partial charge in [0, 0.05) is 10.0 Å². The van der Waals surface area contributed by atoms with Crippen LogP contribution in [0.15, 0.2) is 40.9 Å². The molecular weight excluding hydrogens is 326 g/mol. The van der Waals surface area contributed by atoms with Crippen molar-refractivity contribution in [3.63, 3.8) is 0 Å². The maximum absolute atomic E-state index is 5.80. The molecule has 1 atom stereocenters. The summed E-state index contributed by atoms with van der Waals surface area (Å²) in [7, 11) is 1.98. The van der Waals surface area contributed by atoms with E-state index in [0.717, 1.165) is 10.2 Å². The highest BCUT2D eigenvalue weighted by molar-refractivity contribution is 9.10. The molecule has 2 nitrogen and oxygen atoms in total. The molecule has 0 amide bonds. The average Bonchev–Trinajstić information content (AvgIpc) is 2.46. The van der Waals surface area contributed by atoms with Crippen molar-refractivity contribution in [1.29, 1.82) is 0 Å². The van der Waals surface area contributed by atoms with E-state index < -0.39 is 0 Å². The minimum atomic E-state index is 0.114. The largest absolute Gasteiger partial charge is 0.494 e. The average molecular weight is 348 g/mol. The monoisotopic (exact) mass is 347 g/mol. The highest BCUT2D eigenvalue weighted by Crippen LogP contribution is 2.32. The van der Waals surface area contributed by atoms with Gasteiger partial charge >= 0.3 is 0 Å². The van der Waals surface area contributed by atoms with Gasteiger partial charge in [-0.25, -0.2) is 0 Å².